The van der Waals surface area contributed by atoms with Crippen LogP contribution in [0, 0.1) is 11.6 Å². The van der Waals surface area contributed by atoms with Gasteiger partial charge in [-0.2, -0.15) is 0 Å². The van der Waals surface area contributed by atoms with Crippen molar-refractivity contribution < 1.29 is 13.9 Å². The molecule has 4 nitrogen and oxygen atoms in total. The van der Waals surface area contributed by atoms with Gasteiger partial charge >= 0.3 is 0 Å². The lowest BCUT2D eigenvalue weighted by Crippen LogP contribution is -2.20. The fourth-order valence-electron chi connectivity index (χ4n) is 2.21. The highest BCUT2D eigenvalue weighted by atomic mass is 79.9. The average molecular weight is 367 g/mol. The number of benzene rings is 2. The summed E-state index contributed by atoms with van der Waals surface area (Å²) in [6, 6.07) is 6.91. The van der Waals surface area contributed by atoms with E-state index in [0.717, 1.165) is 12.1 Å². The van der Waals surface area contributed by atoms with E-state index in [9.17, 15) is 18.7 Å². The zero-order valence-electron chi connectivity index (χ0n) is 11.3. The van der Waals surface area contributed by atoms with E-state index in [4.69, 9.17) is 0 Å². The Hall–Kier alpha value is -2.28. The lowest BCUT2D eigenvalue weighted by molar-refractivity contribution is 0.396. The van der Waals surface area contributed by atoms with Crippen LogP contribution < -0.4 is 5.56 Å². The molecule has 0 aliphatic heterocycles. The number of rotatable bonds is 1. The van der Waals surface area contributed by atoms with Crippen molar-refractivity contribution in [2.45, 2.75) is 0 Å². The third-order valence-electron chi connectivity index (χ3n) is 3.33. The molecule has 0 saturated carbocycles. The number of para-hydroxylation sites is 1. The number of aromatic nitrogens is 2. The van der Waals surface area contributed by atoms with Crippen LogP contribution in [-0.4, -0.2) is 14.7 Å². The van der Waals surface area contributed by atoms with Crippen molar-refractivity contribution in [2.24, 2.45) is 7.05 Å². The van der Waals surface area contributed by atoms with E-state index >= 15 is 0 Å². The van der Waals surface area contributed by atoms with Crippen LogP contribution in [0.4, 0.5) is 8.78 Å². The zero-order valence-corrected chi connectivity index (χ0v) is 12.9. The molecule has 0 saturated heterocycles. The maximum atomic E-state index is 13.5. The Kier molecular flexibility index (Phi) is 3.44. The summed E-state index contributed by atoms with van der Waals surface area (Å²) < 4.78 is 28.9. The first-order valence-corrected chi connectivity index (χ1v) is 7.03. The Morgan fingerprint density at radius 1 is 1.23 bits per heavy atom. The summed E-state index contributed by atoms with van der Waals surface area (Å²) in [5.74, 6) is -3.19. The van der Waals surface area contributed by atoms with Gasteiger partial charge in [-0.15, -0.1) is 0 Å². The van der Waals surface area contributed by atoms with Gasteiger partial charge in [0.25, 0.3) is 5.56 Å². The van der Waals surface area contributed by atoms with Crippen LogP contribution in [-0.2, 0) is 7.05 Å². The van der Waals surface area contributed by atoms with Gasteiger partial charge in [0.05, 0.1) is 10.9 Å². The van der Waals surface area contributed by atoms with Crippen LogP contribution in [0.25, 0.3) is 22.3 Å². The first-order chi connectivity index (χ1) is 10.4. The Labute approximate surface area is 131 Å². The maximum Gasteiger partial charge on any atom is 0.261 e. The molecule has 0 radical (unpaired) electrons. The van der Waals surface area contributed by atoms with Gasteiger partial charge in [0, 0.05) is 17.1 Å². The molecule has 7 heteroatoms. The lowest BCUT2D eigenvalue weighted by atomic mass is 10.1. The van der Waals surface area contributed by atoms with Crippen molar-refractivity contribution in [3.05, 3.63) is 56.8 Å². The van der Waals surface area contributed by atoms with Crippen LogP contribution in [0.3, 0.4) is 0 Å². The van der Waals surface area contributed by atoms with Crippen LogP contribution in [0.15, 0.2) is 39.6 Å². The Bertz CT molecular complexity index is 947. The SMILES string of the molecule is Cn1c(-c2cc(F)c(O)c(F)c2)nc2c(Br)cccc2c1=O. The Morgan fingerprint density at radius 3 is 2.50 bits per heavy atom. The minimum Gasteiger partial charge on any atom is -0.503 e. The molecule has 0 fully saturated rings. The van der Waals surface area contributed by atoms with Crippen LogP contribution >= 0.6 is 15.9 Å². The van der Waals surface area contributed by atoms with Gasteiger partial charge in [0.15, 0.2) is 17.4 Å². The van der Waals surface area contributed by atoms with Gasteiger partial charge < -0.3 is 5.11 Å². The van der Waals surface area contributed by atoms with E-state index in [1.807, 2.05) is 0 Å². The van der Waals surface area contributed by atoms with Crippen LogP contribution in [0.1, 0.15) is 0 Å². The Morgan fingerprint density at radius 2 is 1.86 bits per heavy atom. The molecule has 0 aliphatic rings. The van der Waals surface area contributed by atoms with Gasteiger partial charge in [-0.25, -0.2) is 13.8 Å². The second kappa shape index (κ2) is 5.17. The van der Waals surface area contributed by atoms with E-state index in [1.165, 1.54) is 11.6 Å². The average Bonchev–Trinajstić information content (AvgIpc) is 2.48. The third kappa shape index (κ3) is 2.18. The van der Waals surface area contributed by atoms with E-state index in [0.29, 0.717) is 15.4 Å². The fourth-order valence-corrected chi connectivity index (χ4v) is 2.67. The highest BCUT2D eigenvalue weighted by molar-refractivity contribution is 9.10. The van der Waals surface area contributed by atoms with Gasteiger partial charge in [-0.1, -0.05) is 6.07 Å². The summed E-state index contributed by atoms with van der Waals surface area (Å²) in [5, 5.41) is 9.56. The molecule has 0 unspecified atom stereocenters. The van der Waals surface area contributed by atoms with Gasteiger partial charge in [-0.05, 0) is 40.2 Å². The molecule has 0 amide bonds. The first-order valence-electron chi connectivity index (χ1n) is 6.24. The normalized spacial score (nSPS) is 11.1. The molecule has 3 rings (SSSR count). The van der Waals surface area contributed by atoms with Gasteiger partial charge in [-0.3, -0.25) is 9.36 Å². The highest BCUT2D eigenvalue weighted by Crippen LogP contribution is 2.28. The quantitative estimate of drug-likeness (QED) is 0.718. The summed E-state index contributed by atoms with van der Waals surface area (Å²) in [7, 11) is 1.47. The second-order valence-electron chi connectivity index (χ2n) is 4.72. The number of aromatic hydroxyl groups is 1. The number of nitrogens with zero attached hydrogens (tertiary/aromatic N) is 2. The third-order valence-corrected chi connectivity index (χ3v) is 3.97. The zero-order chi connectivity index (χ0) is 16.0. The van der Waals surface area contributed by atoms with E-state index in [2.05, 4.69) is 20.9 Å². The number of halogens is 3. The van der Waals surface area contributed by atoms with Crippen LogP contribution in [0.2, 0.25) is 0 Å². The molecule has 112 valence electrons. The van der Waals surface area contributed by atoms with Crippen molar-refractivity contribution in [3.63, 3.8) is 0 Å². The summed E-state index contributed by atoms with van der Waals surface area (Å²) >= 11 is 3.30. The maximum absolute atomic E-state index is 13.5. The minimum absolute atomic E-state index is 0.0602. The monoisotopic (exact) mass is 366 g/mol. The molecule has 22 heavy (non-hydrogen) atoms. The molecule has 3 aromatic rings. The summed E-state index contributed by atoms with van der Waals surface area (Å²) in [6.07, 6.45) is 0. The number of hydrogen-bond donors (Lipinski definition) is 1. The molecular formula is C15H9BrF2N2O2. The molecule has 0 spiro atoms. The lowest BCUT2D eigenvalue weighted by Gasteiger charge is -2.11. The fraction of sp³-hybridized carbons (Fsp3) is 0.0667. The number of phenolic OH excluding ortho intramolecular Hbond substituents is 1. The standard InChI is InChI=1S/C15H9BrF2N2O2/c1-20-14(7-5-10(17)13(21)11(18)6-7)19-12-8(15(20)22)3-2-4-9(12)16/h2-6,21H,1H3. The molecule has 2 aromatic carbocycles. The largest absolute Gasteiger partial charge is 0.503 e. The molecule has 1 heterocycles. The van der Waals surface area contributed by atoms with Crippen molar-refractivity contribution in [1.29, 1.82) is 0 Å². The second-order valence-corrected chi connectivity index (χ2v) is 5.58. The minimum atomic E-state index is -1.11. The smallest absolute Gasteiger partial charge is 0.261 e. The van der Waals surface area contributed by atoms with Gasteiger partial charge in [0.1, 0.15) is 5.82 Å². The predicted octanol–water partition coefficient (Wildman–Crippen LogP) is 3.35. The molecule has 1 N–H and O–H groups in total. The molecule has 0 atom stereocenters. The van der Waals surface area contributed by atoms with Gasteiger partial charge in [0.2, 0.25) is 0 Å². The summed E-state index contributed by atoms with van der Waals surface area (Å²) in [5.41, 5.74) is 0.120. The number of phenols is 1. The Balaban J connectivity index is 2.39. The van der Waals surface area contributed by atoms with E-state index in [-0.39, 0.29) is 16.9 Å². The number of fused-ring (bicyclic) bond motifs is 1. The summed E-state index contributed by atoms with van der Waals surface area (Å²) in [4.78, 5) is 16.7. The van der Waals surface area contributed by atoms with Crippen LogP contribution in [0.5, 0.6) is 5.75 Å². The molecule has 1 aromatic heterocycles. The molecule has 0 aliphatic carbocycles. The van der Waals surface area contributed by atoms with E-state index in [1.54, 1.807) is 18.2 Å². The van der Waals surface area contributed by atoms with Crippen molar-refractivity contribution >= 4 is 26.8 Å². The van der Waals surface area contributed by atoms with Crippen molar-refractivity contribution in [2.75, 3.05) is 0 Å². The topological polar surface area (TPSA) is 55.1 Å². The summed E-state index contributed by atoms with van der Waals surface area (Å²) in [6.45, 7) is 0. The van der Waals surface area contributed by atoms with E-state index < -0.39 is 17.4 Å². The molecular weight excluding hydrogens is 358 g/mol. The highest BCUT2D eigenvalue weighted by Gasteiger charge is 2.16. The van der Waals surface area contributed by atoms with Crippen molar-refractivity contribution in [3.8, 4) is 17.1 Å². The van der Waals surface area contributed by atoms with Crippen molar-refractivity contribution in [1.82, 2.24) is 9.55 Å². The first kappa shape index (κ1) is 14.6. The molecule has 0 bridgehead atoms. The number of hydrogen-bond acceptors (Lipinski definition) is 3. The predicted molar refractivity (Wildman–Crippen MR) is 81.7 cm³/mol.